The van der Waals surface area contributed by atoms with E-state index >= 15 is 0 Å². The summed E-state index contributed by atoms with van der Waals surface area (Å²) in [5, 5.41) is 5.83. The summed E-state index contributed by atoms with van der Waals surface area (Å²) in [5.41, 5.74) is -0.290. The standard InChI is InChI=1S/C14H21F3N4O2S.HI/c1-3-18-13(19-7-8-21-24(2,22)23)20-10-11-5-4-6-12(9-11)14(15,16)17;/h4-6,9,21H,3,7-8,10H2,1-2H3,(H2,18,19,20);1H. The van der Waals surface area contributed by atoms with Gasteiger partial charge in [0, 0.05) is 19.6 Å². The molecule has 1 aromatic carbocycles. The van der Waals surface area contributed by atoms with Crippen LogP contribution in [0.15, 0.2) is 29.3 Å². The Morgan fingerprint density at radius 2 is 1.88 bits per heavy atom. The highest BCUT2D eigenvalue weighted by Crippen LogP contribution is 2.29. The molecule has 11 heteroatoms. The number of aliphatic imine (C=N–C) groups is 1. The molecule has 0 bridgehead atoms. The monoisotopic (exact) mass is 494 g/mol. The van der Waals surface area contributed by atoms with E-state index < -0.39 is 21.8 Å². The average Bonchev–Trinajstić information content (AvgIpc) is 2.47. The quantitative estimate of drug-likeness (QED) is 0.234. The van der Waals surface area contributed by atoms with Crippen LogP contribution in [-0.4, -0.2) is 40.3 Å². The molecule has 0 aromatic heterocycles. The van der Waals surface area contributed by atoms with Crippen molar-refractivity contribution in [3.63, 3.8) is 0 Å². The molecule has 25 heavy (non-hydrogen) atoms. The molecular weight excluding hydrogens is 472 g/mol. The molecule has 0 fully saturated rings. The van der Waals surface area contributed by atoms with E-state index in [-0.39, 0.29) is 37.1 Å². The average molecular weight is 494 g/mol. The number of sulfonamides is 1. The minimum Gasteiger partial charge on any atom is -0.357 e. The van der Waals surface area contributed by atoms with Gasteiger partial charge < -0.3 is 10.6 Å². The van der Waals surface area contributed by atoms with Crippen LogP contribution in [0.25, 0.3) is 0 Å². The van der Waals surface area contributed by atoms with Gasteiger partial charge in [-0.05, 0) is 24.6 Å². The Morgan fingerprint density at radius 3 is 2.44 bits per heavy atom. The van der Waals surface area contributed by atoms with Gasteiger partial charge >= 0.3 is 6.18 Å². The van der Waals surface area contributed by atoms with Crippen molar-refractivity contribution in [1.82, 2.24) is 15.4 Å². The van der Waals surface area contributed by atoms with Crippen LogP contribution >= 0.6 is 24.0 Å². The molecule has 0 unspecified atom stereocenters. The van der Waals surface area contributed by atoms with E-state index in [1.165, 1.54) is 6.07 Å². The zero-order valence-electron chi connectivity index (χ0n) is 13.9. The number of nitrogens with zero attached hydrogens (tertiary/aromatic N) is 1. The van der Waals surface area contributed by atoms with Gasteiger partial charge in [0.05, 0.1) is 18.4 Å². The third-order valence-corrected chi connectivity index (χ3v) is 3.53. The van der Waals surface area contributed by atoms with Gasteiger partial charge in [0.1, 0.15) is 0 Å². The zero-order chi connectivity index (χ0) is 18.2. The molecule has 0 amide bonds. The molecule has 0 aliphatic heterocycles. The highest BCUT2D eigenvalue weighted by atomic mass is 127. The maximum absolute atomic E-state index is 12.7. The SMILES string of the molecule is CCNC(=NCc1cccc(C(F)(F)F)c1)NCCNS(C)(=O)=O.I. The Hall–Kier alpha value is -1.08. The summed E-state index contributed by atoms with van der Waals surface area (Å²) < 4.78 is 62.2. The topological polar surface area (TPSA) is 82.6 Å². The fraction of sp³-hybridized carbons (Fsp3) is 0.500. The first-order chi connectivity index (χ1) is 11.1. The molecule has 1 rings (SSSR count). The first-order valence-corrected chi connectivity index (χ1v) is 9.14. The Kier molecular flexibility index (Phi) is 10.3. The van der Waals surface area contributed by atoms with Crippen LogP contribution in [-0.2, 0) is 22.7 Å². The van der Waals surface area contributed by atoms with E-state index in [0.717, 1.165) is 18.4 Å². The van der Waals surface area contributed by atoms with Gasteiger partial charge in [0.15, 0.2) is 5.96 Å². The molecular formula is C14H22F3IN4O2S. The van der Waals surface area contributed by atoms with E-state index in [2.05, 4.69) is 20.3 Å². The normalized spacial score (nSPS) is 12.4. The lowest BCUT2D eigenvalue weighted by Gasteiger charge is -2.12. The first kappa shape index (κ1) is 23.9. The van der Waals surface area contributed by atoms with Crippen molar-refractivity contribution in [2.24, 2.45) is 4.99 Å². The fourth-order valence-corrected chi connectivity index (χ4v) is 2.25. The molecule has 0 atom stereocenters. The van der Waals surface area contributed by atoms with E-state index in [0.29, 0.717) is 24.6 Å². The summed E-state index contributed by atoms with van der Waals surface area (Å²) in [6.45, 7) is 2.94. The van der Waals surface area contributed by atoms with E-state index in [1.54, 1.807) is 6.07 Å². The van der Waals surface area contributed by atoms with Crippen molar-refractivity contribution in [1.29, 1.82) is 0 Å². The Balaban J connectivity index is 0.00000576. The summed E-state index contributed by atoms with van der Waals surface area (Å²) in [7, 11) is -3.27. The van der Waals surface area contributed by atoms with Gasteiger partial charge in [0.25, 0.3) is 0 Å². The maximum atomic E-state index is 12.7. The number of hydrogen-bond acceptors (Lipinski definition) is 3. The molecule has 0 spiro atoms. The van der Waals surface area contributed by atoms with E-state index in [4.69, 9.17) is 0 Å². The predicted octanol–water partition coefficient (Wildman–Crippen LogP) is 1.93. The minimum absolute atomic E-state index is 0. The van der Waals surface area contributed by atoms with Crippen molar-refractivity contribution in [3.8, 4) is 0 Å². The molecule has 0 saturated carbocycles. The van der Waals surface area contributed by atoms with Crippen LogP contribution < -0.4 is 15.4 Å². The Morgan fingerprint density at radius 1 is 1.20 bits per heavy atom. The summed E-state index contributed by atoms with van der Waals surface area (Å²) in [5.74, 6) is 0.394. The van der Waals surface area contributed by atoms with Crippen molar-refractivity contribution < 1.29 is 21.6 Å². The number of benzene rings is 1. The molecule has 144 valence electrons. The van der Waals surface area contributed by atoms with Gasteiger partial charge in [-0.1, -0.05) is 12.1 Å². The molecule has 0 aliphatic rings. The number of nitrogens with one attached hydrogen (secondary N) is 3. The lowest BCUT2D eigenvalue weighted by molar-refractivity contribution is -0.137. The smallest absolute Gasteiger partial charge is 0.357 e. The predicted molar refractivity (Wildman–Crippen MR) is 103 cm³/mol. The van der Waals surface area contributed by atoms with Gasteiger partial charge in [-0.15, -0.1) is 24.0 Å². The highest BCUT2D eigenvalue weighted by molar-refractivity contribution is 14.0. The minimum atomic E-state index is -4.39. The molecule has 0 aliphatic carbocycles. The molecule has 0 heterocycles. The lowest BCUT2D eigenvalue weighted by Crippen LogP contribution is -2.41. The summed E-state index contributed by atoms with van der Waals surface area (Å²) >= 11 is 0. The van der Waals surface area contributed by atoms with Crippen LogP contribution in [0.5, 0.6) is 0 Å². The number of halogens is 4. The summed E-state index contributed by atoms with van der Waals surface area (Å²) in [4.78, 5) is 4.19. The van der Waals surface area contributed by atoms with Gasteiger partial charge in [-0.25, -0.2) is 18.1 Å². The molecule has 0 radical (unpaired) electrons. The lowest BCUT2D eigenvalue weighted by atomic mass is 10.1. The molecule has 1 aromatic rings. The second-order valence-electron chi connectivity index (χ2n) is 4.99. The van der Waals surface area contributed by atoms with Gasteiger partial charge in [-0.3, -0.25) is 0 Å². The van der Waals surface area contributed by atoms with E-state index in [1.807, 2.05) is 6.92 Å². The van der Waals surface area contributed by atoms with Crippen LogP contribution in [0.3, 0.4) is 0 Å². The van der Waals surface area contributed by atoms with Crippen LogP contribution in [0.1, 0.15) is 18.1 Å². The van der Waals surface area contributed by atoms with Crippen molar-refractivity contribution >= 4 is 40.0 Å². The first-order valence-electron chi connectivity index (χ1n) is 7.25. The zero-order valence-corrected chi connectivity index (χ0v) is 17.0. The number of alkyl halides is 3. The largest absolute Gasteiger partial charge is 0.416 e. The second-order valence-corrected chi connectivity index (χ2v) is 6.82. The summed E-state index contributed by atoms with van der Waals surface area (Å²) in [6, 6.07) is 4.96. The number of hydrogen-bond donors (Lipinski definition) is 3. The molecule has 0 saturated heterocycles. The third kappa shape index (κ3) is 10.5. The van der Waals surface area contributed by atoms with Gasteiger partial charge in [0.2, 0.25) is 10.0 Å². The Bertz CT molecular complexity index is 666. The van der Waals surface area contributed by atoms with Crippen molar-refractivity contribution in [2.45, 2.75) is 19.6 Å². The van der Waals surface area contributed by atoms with Crippen molar-refractivity contribution in [2.75, 3.05) is 25.9 Å². The second kappa shape index (κ2) is 10.8. The van der Waals surface area contributed by atoms with Crippen molar-refractivity contribution in [3.05, 3.63) is 35.4 Å². The van der Waals surface area contributed by atoms with Crippen LogP contribution in [0.2, 0.25) is 0 Å². The summed E-state index contributed by atoms with van der Waals surface area (Å²) in [6.07, 6.45) is -3.33. The molecule has 6 nitrogen and oxygen atoms in total. The number of guanidine groups is 1. The van der Waals surface area contributed by atoms with E-state index in [9.17, 15) is 21.6 Å². The fourth-order valence-electron chi connectivity index (χ4n) is 1.78. The van der Waals surface area contributed by atoms with Gasteiger partial charge in [-0.2, -0.15) is 13.2 Å². The molecule has 3 N–H and O–H groups in total. The third-order valence-electron chi connectivity index (χ3n) is 2.80. The maximum Gasteiger partial charge on any atom is 0.416 e. The van der Waals surface area contributed by atoms with Crippen LogP contribution in [0, 0.1) is 0 Å². The van der Waals surface area contributed by atoms with Crippen LogP contribution in [0.4, 0.5) is 13.2 Å². The number of rotatable bonds is 7. The Labute approximate surface area is 162 Å². The highest BCUT2D eigenvalue weighted by Gasteiger charge is 2.30.